The Kier molecular flexibility index (Phi) is 4.22. The summed E-state index contributed by atoms with van der Waals surface area (Å²) >= 11 is 0. The first-order valence-electron chi connectivity index (χ1n) is 8.51. The summed E-state index contributed by atoms with van der Waals surface area (Å²) in [5, 5.41) is 9.27. The van der Waals surface area contributed by atoms with Gasteiger partial charge in [-0.2, -0.15) is 5.10 Å². The van der Waals surface area contributed by atoms with Crippen LogP contribution in [0.5, 0.6) is 0 Å². The standard InChI is InChI=1S/C20H19N3O2S/c21-12-4-5-14-10-11-18-17(13-14)20(23-22-18)26(24,25)19-9-3-7-15-6-1-2-8-16(15)19/h1-3,6-11,13H,4-5,12,21H2,(H,22,23). The number of hydrogen-bond donors (Lipinski definition) is 2. The van der Waals surface area contributed by atoms with Gasteiger partial charge in [0.25, 0.3) is 0 Å². The summed E-state index contributed by atoms with van der Waals surface area (Å²) in [6, 6.07) is 18.5. The van der Waals surface area contributed by atoms with Crippen LogP contribution in [0.4, 0.5) is 0 Å². The summed E-state index contributed by atoms with van der Waals surface area (Å²) in [5.74, 6) is 0. The molecule has 0 bridgehead atoms. The molecule has 6 heteroatoms. The van der Waals surface area contributed by atoms with E-state index in [1.165, 1.54) is 0 Å². The lowest BCUT2D eigenvalue weighted by molar-refractivity contribution is 0.593. The molecule has 0 aliphatic carbocycles. The number of nitrogens with two attached hydrogens (primary N) is 1. The summed E-state index contributed by atoms with van der Waals surface area (Å²) in [7, 11) is -3.73. The molecule has 0 radical (unpaired) electrons. The van der Waals surface area contributed by atoms with Crippen LogP contribution in [0.3, 0.4) is 0 Å². The average Bonchev–Trinajstić information content (AvgIpc) is 3.10. The van der Waals surface area contributed by atoms with E-state index in [0.717, 1.165) is 23.8 Å². The summed E-state index contributed by atoms with van der Waals surface area (Å²) in [4.78, 5) is 0.286. The fraction of sp³-hybridized carbons (Fsp3) is 0.150. The fourth-order valence-corrected chi connectivity index (χ4v) is 4.81. The first-order valence-corrected chi connectivity index (χ1v) is 9.99. The van der Waals surface area contributed by atoms with Crippen molar-refractivity contribution in [2.75, 3.05) is 6.54 Å². The number of aryl methyl sites for hydroxylation is 1. The highest BCUT2D eigenvalue weighted by atomic mass is 32.2. The zero-order valence-corrected chi connectivity index (χ0v) is 15.0. The smallest absolute Gasteiger partial charge is 0.224 e. The summed E-state index contributed by atoms with van der Waals surface area (Å²) < 4.78 is 26.7. The highest BCUT2D eigenvalue weighted by molar-refractivity contribution is 7.91. The summed E-state index contributed by atoms with van der Waals surface area (Å²) in [6.07, 6.45) is 1.67. The zero-order chi connectivity index (χ0) is 18.1. The summed E-state index contributed by atoms with van der Waals surface area (Å²) in [5.41, 5.74) is 7.28. The highest BCUT2D eigenvalue weighted by Crippen LogP contribution is 2.31. The number of H-pyrrole nitrogens is 1. The van der Waals surface area contributed by atoms with E-state index >= 15 is 0 Å². The first-order chi connectivity index (χ1) is 12.6. The van der Waals surface area contributed by atoms with Gasteiger partial charge in [-0.15, -0.1) is 0 Å². The van der Waals surface area contributed by atoms with Gasteiger partial charge in [-0.3, -0.25) is 5.10 Å². The average molecular weight is 365 g/mol. The molecule has 3 N–H and O–H groups in total. The van der Waals surface area contributed by atoms with Gasteiger partial charge in [0.15, 0.2) is 5.03 Å². The van der Waals surface area contributed by atoms with Gasteiger partial charge in [0, 0.05) is 10.8 Å². The maximum Gasteiger partial charge on any atom is 0.224 e. The van der Waals surface area contributed by atoms with Gasteiger partial charge in [0.05, 0.1) is 10.4 Å². The molecule has 0 spiro atoms. The molecule has 0 aliphatic rings. The van der Waals surface area contributed by atoms with E-state index in [-0.39, 0.29) is 9.92 Å². The first kappa shape index (κ1) is 16.8. The lowest BCUT2D eigenvalue weighted by atomic mass is 10.1. The number of fused-ring (bicyclic) bond motifs is 2. The molecule has 0 aliphatic heterocycles. The third-order valence-corrected chi connectivity index (χ3v) is 6.34. The maximum atomic E-state index is 13.4. The Morgan fingerprint density at radius 2 is 1.77 bits per heavy atom. The van der Waals surface area contributed by atoms with E-state index in [1.807, 2.05) is 48.5 Å². The minimum absolute atomic E-state index is 0.137. The van der Waals surface area contributed by atoms with Crippen molar-refractivity contribution in [2.24, 2.45) is 5.73 Å². The van der Waals surface area contributed by atoms with Gasteiger partial charge in [0.2, 0.25) is 9.84 Å². The molecule has 0 saturated carbocycles. The van der Waals surface area contributed by atoms with E-state index in [0.29, 0.717) is 22.8 Å². The Morgan fingerprint density at radius 1 is 0.962 bits per heavy atom. The minimum Gasteiger partial charge on any atom is -0.330 e. The molecule has 132 valence electrons. The maximum absolute atomic E-state index is 13.4. The monoisotopic (exact) mass is 365 g/mol. The van der Waals surface area contributed by atoms with Crippen LogP contribution in [-0.4, -0.2) is 25.2 Å². The Labute approximate surface area is 151 Å². The highest BCUT2D eigenvalue weighted by Gasteiger charge is 2.25. The van der Waals surface area contributed by atoms with Gasteiger partial charge < -0.3 is 5.73 Å². The SMILES string of the molecule is NCCCc1ccc2n[nH]c(S(=O)(=O)c3cccc4ccccc34)c2c1. The van der Waals surface area contributed by atoms with Crippen molar-refractivity contribution in [3.05, 3.63) is 66.2 Å². The van der Waals surface area contributed by atoms with Gasteiger partial charge in [0.1, 0.15) is 0 Å². The van der Waals surface area contributed by atoms with Crippen LogP contribution >= 0.6 is 0 Å². The number of rotatable bonds is 5. The van der Waals surface area contributed by atoms with E-state index in [9.17, 15) is 8.42 Å². The molecule has 1 heterocycles. The van der Waals surface area contributed by atoms with Crippen molar-refractivity contribution in [1.29, 1.82) is 0 Å². The lowest BCUT2D eigenvalue weighted by Crippen LogP contribution is -2.04. The molecule has 3 aromatic carbocycles. The predicted octanol–water partition coefficient (Wildman–Crippen LogP) is 3.44. The number of nitrogens with one attached hydrogen (secondary N) is 1. The third-order valence-electron chi connectivity index (χ3n) is 4.56. The van der Waals surface area contributed by atoms with Crippen molar-refractivity contribution in [2.45, 2.75) is 22.8 Å². The van der Waals surface area contributed by atoms with Crippen molar-refractivity contribution < 1.29 is 8.42 Å². The molecule has 1 aromatic heterocycles. The molecule has 4 rings (SSSR count). The van der Waals surface area contributed by atoms with E-state index in [2.05, 4.69) is 10.2 Å². The number of hydrogen-bond acceptors (Lipinski definition) is 4. The number of nitrogens with zero attached hydrogens (tertiary/aromatic N) is 1. The molecule has 4 aromatic rings. The number of aromatic nitrogens is 2. The van der Waals surface area contributed by atoms with Gasteiger partial charge in [-0.25, -0.2) is 8.42 Å². The molecule has 5 nitrogen and oxygen atoms in total. The number of sulfone groups is 1. The van der Waals surface area contributed by atoms with E-state index < -0.39 is 9.84 Å². The second kappa shape index (κ2) is 6.55. The molecule has 0 unspecified atom stereocenters. The second-order valence-electron chi connectivity index (χ2n) is 6.28. The number of benzene rings is 3. The lowest BCUT2D eigenvalue weighted by Gasteiger charge is -2.07. The van der Waals surface area contributed by atoms with Crippen LogP contribution in [0.1, 0.15) is 12.0 Å². The molecular formula is C20H19N3O2S. The summed E-state index contributed by atoms with van der Waals surface area (Å²) in [6.45, 7) is 0.602. The Balaban J connectivity index is 1.90. The minimum atomic E-state index is -3.73. The van der Waals surface area contributed by atoms with Crippen LogP contribution in [-0.2, 0) is 16.3 Å². The third kappa shape index (κ3) is 2.77. The van der Waals surface area contributed by atoms with E-state index in [4.69, 9.17) is 5.73 Å². The van der Waals surface area contributed by atoms with Gasteiger partial charge in [-0.05, 0) is 48.5 Å². The van der Waals surface area contributed by atoms with Crippen LogP contribution in [0, 0.1) is 0 Å². The molecular weight excluding hydrogens is 346 g/mol. The van der Waals surface area contributed by atoms with Crippen molar-refractivity contribution >= 4 is 31.5 Å². The molecule has 0 saturated heterocycles. The van der Waals surface area contributed by atoms with Crippen molar-refractivity contribution in [3.8, 4) is 0 Å². The Morgan fingerprint density at radius 3 is 2.62 bits per heavy atom. The predicted molar refractivity (Wildman–Crippen MR) is 103 cm³/mol. The normalized spacial score (nSPS) is 12.0. The largest absolute Gasteiger partial charge is 0.330 e. The molecule has 0 amide bonds. The van der Waals surface area contributed by atoms with Crippen LogP contribution < -0.4 is 5.73 Å². The molecule has 0 fully saturated rings. The van der Waals surface area contributed by atoms with Crippen molar-refractivity contribution in [1.82, 2.24) is 10.2 Å². The Hall–Kier alpha value is -2.70. The topological polar surface area (TPSA) is 88.8 Å². The van der Waals surface area contributed by atoms with Crippen LogP contribution in [0.25, 0.3) is 21.7 Å². The fourth-order valence-electron chi connectivity index (χ4n) is 3.24. The quantitative estimate of drug-likeness (QED) is 0.567. The zero-order valence-electron chi connectivity index (χ0n) is 14.1. The van der Waals surface area contributed by atoms with Crippen LogP contribution in [0.2, 0.25) is 0 Å². The Bertz CT molecular complexity index is 1190. The van der Waals surface area contributed by atoms with Gasteiger partial charge in [-0.1, -0.05) is 42.5 Å². The second-order valence-corrected chi connectivity index (χ2v) is 8.13. The van der Waals surface area contributed by atoms with Crippen molar-refractivity contribution in [3.63, 3.8) is 0 Å². The van der Waals surface area contributed by atoms with Gasteiger partial charge >= 0.3 is 0 Å². The molecule has 0 atom stereocenters. The van der Waals surface area contributed by atoms with Crippen LogP contribution in [0.15, 0.2) is 70.6 Å². The molecule has 26 heavy (non-hydrogen) atoms. The van der Waals surface area contributed by atoms with E-state index in [1.54, 1.807) is 12.1 Å². The number of aromatic amines is 1.